The lowest BCUT2D eigenvalue weighted by molar-refractivity contribution is -0.0561. The van der Waals surface area contributed by atoms with Gasteiger partial charge < -0.3 is 4.74 Å². The second kappa shape index (κ2) is 6.53. The predicted octanol–water partition coefficient (Wildman–Crippen LogP) is 3.90. The van der Waals surface area contributed by atoms with Crippen molar-refractivity contribution in [2.24, 2.45) is 0 Å². The zero-order chi connectivity index (χ0) is 13.7. The number of benzene rings is 1. The molecule has 2 nitrogen and oxygen atoms in total. The molecule has 106 valence electrons. The van der Waals surface area contributed by atoms with Crippen LogP contribution in [0.3, 0.4) is 0 Å². The van der Waals surface area contributed by atoms with Crippen molar-refractivity contribution < 1.29 is 4.74 Å². The highest BCUT2D eigenvalue weighted by molar-refractivity contribution is 5.18. The minimum Gasteiger partial charge on any atom is -0.355 e. The summed E-state index contributed by atoms with van der Waals surface area (Å²) in [6.07, 6.45) is 5.72. The van der Waals surface area contributed by atoms with E-state index >= 15 is 0 Å². The van der Waals surface area contributed by atoms with Crippen molar-refractivity contribution in [1.29, 1.82) is 0 Å². The lowest BCUT2D eigenvalue weighted by atomic mass is 9.85. The molecule has 0 radical (unpaired) electrons. The molecule has 0 aliphatic carbocycles. The number of nitrogens with one attached hydrogen (secondary N) is 1. The second-order valence-electron chi connectivity index (χ2n) is 5.58. The van der Waals surface area contributed by atoms with E-state index in [4.69, 9.17) is 4.74 Å². The maximum atomic E-state index is 6.36. The van der Waals surface area contributed by atoms with Gasteiger partial charge in [-0.1, -0.05) is 57.5 Å². The fourth-order valence-electron chi connectivity index (χ4n) is 3.18. The Balaban J connectivity index is 2.11. The third-order valence-corrected chi connectivity index (χ3v) is 4.43. The average molecular weight is 261 g/mol. The maximum absolute atomic E-state index is 6.36. The Morgan fingerprint density at radius 1 is 1.11 bits per heavy atom. The Hall–Kier alpha value is -0.860. The average Bonchev–Trinajstić information content (AvgIpc) is 2.79. The zero-order valence-corrected chi connectivity index (χ0v) is 12.5. The number of rotatable bonds is 6. The van der Waals surface area contributed by atoms with Gasteiger partial charge in [0.2, 0.25) is 0 Å². The van der Waals surface area contributed by atoms with Gasteiger partial charge in [-0.15, -0.1) is 0 Å². The van der Waals surface area contributed by atoms with Gasteiger partial charge in [0.15, 0.2) is 0 Å². The minimum atomic E-state index is 0.00960. The zero-order valence-electron chi connectivity index (χ0n) is 12.5. The van der Waals surface area contributed by atoms with E-state index < -0.39 is 0 Å². The summed E-state index contributed by atoms with van der Waals surface area (Å²) in [6.45, 7) is 6.71. The van der Waals surface area contributed by atoms with Crippen molar-refractivity contribution in [1.82, 2.24) is 5.32 Å². The van der Waals surface area contributed by atoms with E-state index in [1.165, 1.54) is 12.0 Å². The van der Waals surface area contributed by atoms with E-state index in [1.807, 2.05) is 0 Å². The molecule has 1 N–H and O–H groups in total. The van der Waals surface area contributed by atoms with Crippen LogP contribution in [-0.2, 0) is 11.2 Å². The number of hydrogen-bond donors (Lipinski definition) is 1. The molecule has 2 rings (SSSR count). The molecule has 2 heteroatoms. The van der Waals surface area contributed by atoms with E-state index in [0.717, 1.165) is 25.7 Å². The third-order valence-electron chi connectivity index (χ3n) is 4.43. The molecule has 2 atom stereocenters. The first-order chi connectivity index (χ1) is 9.24. The Kier molecular flexibility index (Phi) is 5.00. The van der Waals surface area contributed by atoms with Gasteiger partial charge in [0.25, 0.3) is 0 Å². The van der Waals surface area contributed by atoms with Crippen molar-refractivity contribution in [3.8, 4) is 0 Å². The molecule has 0 amide bonds. The molecule has 19 heavy (non-hydrogen) atoms. The topological polar surface area (TPSA) is 21.3 Å². The Labute approximate surface area is 117 Å². The highest BCUT2D eigenvalue weighted by Gasteiger charge is 2.45. The molecule has 1 unspecified atom stereocenters. The molecule has 0 aromatic heterocycles. The highest BCUT2D eigenvalue weighted by Crippen LogP contribution is 2.34. The van der Waals surface area contributed by atoms with E-state index in [1.54, 1.807) is 0 Å². The summed E-state index contributed by atoms with van der Waals surface area (Å²) in [7, 11) is 0. The molecule has 0 bridgehead atoms. The molecular formula is C17H27NO. The lowest BCUT2D eigenvalue weighted by Crippen LogP contribution is -2.44. The molecule has 1 saturated heterocycles. The molecule has 0 spiro atoms. The van der Waals surface area contributed by atoms with E-state index in [9.17, 15) is 0 Å². The second-order valence-corrected chi connectivity index (χ2v) is 5.58. The molecule has 1 aromatic carbocycles. The third kappa shape index (κ3) is 3.18. The van der Waals surface area contributed by atoms with Crippen LogP contribution in [0, 0.1) is 0 Å². The standard InChI is InChI=1S/C17H27NO/c1-4-10-16-18-15(17(5-2,6-3)19-16)13-14-11-8-7-9-12-14/h7-9,11-12,15-16,18H,4-6,10,13H2,1-3H3/t15-,16?/m0/s1. The molecular weight excluding hydrogens is 234 g/mol. The summed E-state index contributed by atoms with van der Waals surface area (Å²) in [4.78, 5) is 0. The molecule has 1 aliphatic heterocycles. The summed E-state index contributed by atoms with van der Waals surface area (Å²) in [5, 5.41) is 3.71. The monoisotopic (exact) mass is 261 g/mol. The van der Waals surface area contributed by atoms with Crippen LogP contribution in [0.1, 0.15) is 52.0 Å². The lowest BCUT2D eigenvalue weighted by Gasteiger charge is -2.32. The highest BCUT2D eigenvalue weighted by atomic mass is 16.5. The van der Waals surface area contributed by atoms with Gasteiger partial charge in [-0.3, -0.25) is 5.32 Å². The van der Waals surface area contributed by atoms with Crippen molar-refractivity contribution >= 4 is 0 Å². The van der Waals surface area contributed by atoms with Crippen LogP contribution in [0.5, 0.6) is 0 Å². The quantitative estimate of drug-likeness (QED) is 0.838. The van der Waals surface area contributed by atoms with Gasteiger partial charge in [-0.2, -0.15) is 0 Å². The molecule has 1 fully saturated rings. The molecule has 1 heterocycles. The smallest absolute Gasteiger partial charge is 0.109 e. The van der Waals surface area contributed by atoms with Crippen molar-refractivity contribution in [3.05, 3.63) is 35.9 Å². The van der Waals surface area contributed by atoms with Crippen molar-refractivity contribution in [3.63, 3.8) is 0 Å². The van der Waals surface area contributed by atoms with Crippen molar-refractivity contribution in [2.45, 2.75) is 70.7 Å². The van der Waals surface area contributed by atoms with Crippen LogP contribution in [0.25, 0.3) is 0 Å². The van der Waals surface area contributed by atoms with Crippen LogP contribution in [0.2, 0.25) is 0 Å². The summed E-state index contributed by atoms with van der Waals surface area (Å²) in [5.41, 5.74) is 1.40. The van der Waals surface area contributed by atoms with E-state index in [2.05, 4.69) is 56.4 Å². The minimum absolute atomic E-state index is 0.00960. The van der Waals surface area contributed by atoms with Gasteiger partial charge in [0.1, 0.15) is 6.23 Å². The van der Waals surface area contributed by atoms with Crippen molar-refractivity contribution in [2.75, 3.05) is 0 Å². The summed E-state index contributed by atoms with van der Waals surface area (Å²) < 4.78 is 6.36. The number of hydrogen-bond acceptors (Lipinski definition) is 2. The van der Waals surface area contributed by atoms with Crippen LogP contribution in [0.4, 0.5) is 0 Å². The van der Waals surface area contributed by atoms with Crippen LogP contribution >= 0.6 is 0 Å². The molecule has 1 aliphatic rings. The van der Waals surface area contributed by atoms with E-state index in [-0.39, 0.29) is 11.8 Å². The van der Waals surface area contributed by atoms with Gasteiger partial charge in [-0.25, -0.2) is 0 Å². The first kappa shape index (κ1) is 14.5. The Bertz CT molecular complexity index is 372. The fraction of sp³-hybridized carbons (Fsp3) is 0.647. The summed E-state index contributed by atoms with van der Waals surface area (Å²) in [5.74, 6) is 0. The number of ether oxygens (including phenoxy) is 1. The van der Waals surface area contributed by atoms with Crippen LogP contribution in [0.15, 0.2) is 30.3 Å². The summed E-state index contributed by atoms with van der Waals surface area (Å²) in [6, 6.07) is 11.2. The largest absolute Gasteiger partial charge is 0.355 e. The van der Waals surface area contributed by atoms with Gasteiger partial charge >= 0.3 is 0 Å². The summed E-state index contributed by atoms with van der Waals surface area (Å²) >= 11 is 0. The van der Waals surface area contributed by atoms with E-state index in [0.29, 0.717) is 6.04 Å². The van der Waals surface area contributed by atoms with Gasteiger partial charge in [-0.05, 0) is 31.2 Å². The van der Waals surface area contributed by atoms with Crippen LogP contribution in [-0.4, -0.2) is 17.9 Å². The predicted molar refractivity (Wildman–Crippen MR) is 80.2 cm³/mol. The maximum Gasteiger partial charge on any atom is 0.109 e. The Morgan fingerprint density at radius 2 is 1.79 bits per heavy atom. The van der Waals surface area contributed by atoms with Gasteiger partial charge in [0.05, 0.1) is 5.60 Å². The first-order valence-corrected chi connectivity index (χ1v) is 7.72. The Morgan fingerprint density at radius 3 is 2.37 bits per heavy atom. The molecule has 1 aromatic rings. The fourth-order valence-corrected chi connectivity index (χ4v) is 3.18. The first-order valence-electron chi connectivity index (χ1n) is 7.72. The SMILES string of the molecule is CCCC1N[C@@H](Cc2ccccc2)C(CC)(CC)O1. The molecule has 0 saturated carbocycles. The normalized spacial score (nSPS) is 25.6. The van der Waals surface area contributed by atoms with Crippen LogP contribution < -0.4 is 5.32 Å². The van der Waals surface area contributed by atoms with Gasteiger partial charge in [0, 0.05) is 6.04 Å².